The van der Waals surface area contributed by atoms with E-state index in [-0.39, 0.29) is 24.0 Å². The van der Waals surface area contributed by atoms with Crippen LogP contribution in [0.15, 0.2) is 11.1 Å². The zero-order valence-electron chi connectivity index (χ0n) is 16.2. The van der Waals surface area contributed by atoms with Crippen LogP contribution in [-0.2, 0) is 6.54 Å². The Hall–Kier alpha value is -0.870. The molecule has 2 N–H and O–H groups in total. The molecule has 0 aliphatic carbocycles. The molecule has 2 heterocycles. The summed E-state index contributed by atoms with van der Waals surface area (Å²) in [6.07, 6.45) is 1.02. The molecule has 1 fully saturated rings. The third kappa shape index (κ3) is 7.10. The van der Waals surface area contributed by atoms with E-state index in [1.54, 1.807) is 0 Å². The van der Waals surface area contributed by atoms with Gasteiger partial charge < -0.3 is 15.5 Å². The summed E-state index contributed by atoms with van der Waals surface area (Å²) in [4.78, 5) is 9.13. The molecule has 0 saturated carbocycles. The Morgan fingerprint density at radius 1 is 1.28 bits per heavy atom. The zero-order valence-corrected chi connectivity index (χ0v) is 18.6. The Morgan fingerprint density at radius 2 is 2.04 bits per heavy atom. The maximum absolute atomic E-state index is 4.49. The first kappa shape index (κ1) is 22.2. The average molecular weight is 463 g/mol. The van der Waals surface area contributed by atoms with E-state index in [0.717, 1.165) is 57.3 Å². The van der Waals surface area contributed by atoms with E-state index in [1.807, 2.05) is 14.0 Å². The van der Waals surface area contributed by atoms with Crippen molar-refractivity contribution in [3.8, 4) is 0 Å². The number of piperazine rings is 1. The Kier molecular flexibility index (Phi) is 9.73. The van der Waals surface area contributed by atoms with Crippen LogP contribution in [0.3, 0.4) is 0 Å². The van der Waals surface area contributed by atoms with Crippen molar-refractivity contribution < 1.29 is 0 Å². The topological polar surface area (TPSA) is 60.7 Å². The summed E-state index contributed by atoms with van der Waals surface area (Å²) in [6, 6.07) is 2.64. The molecule has 0 spiro atoms. The number of halogens is 1. The first-order valence-corrected chi connectivity index (χ1v) is 8.84. The van der Waals surface area contributed by atoms with Crippen LogP contribution in [-0.4, -0.2) is 85.4 Å². The van der Waals surface area contributed by atoms with E-state index in [1.165, 1.54) is 5.69 Å². The van der Waals surface area contributed by atoms with Crippen molar-refractivity contribution in [1.29, 1.82) is 0 Å². The quantitative estimate of drug-likeness (QED) is 0.285. The molecule has 7 nitrogen and oxygen atoms in total. The van der Waals surface area contributed by atoms with Gasteiger partial charge in [-0.05, 0) is 40.4 Å². The van der Waals surface area contributed by atoms with Gasteiger partial charge in [0, 0.05) is 58.1 Å². The molecule has 1 atom stereocenters. The van der Waals surface area contributed by atoms with Gasteiger partial charge in [0.15, 0.2) is 5.96 Å². The van der Waals surface area contributed by atoms with Crippen molar-refractivity contribution in [1.82, 2.24) is 30.2 Å². The molecule has 1 aromatic rings. The van der Waals surface area contributed by atoms with Gasteiger partial charge in [0.05, 0.1) is 5.69 Å². The molecule has 25 heavy (non-hydrogen) atoms. The normalized spacial score (nSPS) is 19.6. The van der Waals surface area contributed by atoms with Crippen molar-refractivity contribution in [2.24, 2.45) is 4.99 Å². The van der Waals surface area contributed by atoms with Crippen LogP contribution in [0.2, 0.25) is 0 Å². The summed E-state index contributed by atoms with van der Waals surface area (Å²) in [5.41, 5.74) is 2.30. The van der Waals surface area contributed by atoms with Crippen LogP contribution < -0.4 is 10.6 Å². The molecule has 144 valence electrons. The monoisotopic (exact) mass is 463 g/mol. The second kappa shape index (κ2) is 11.0. The van der Waals surface area contributed by atoms with Gasteiger partial charge in [-0.3, -0.25) is 14.6 Å². The van der Waals surface area contributed by atoms with Crippen molar-refractivity contribution in [2.75, 3.05) is 53.9 Å². The molecule has 0 radical (unpaired) electrons. The number of rotatable bonds is 6. The third-order valence-corrected chi connectivity index (χ3v) is 4.65. The fourth-order valence-corrected chi connectivity index (χ4v) is 3.09. The number of aryl methyl sites for hydroxylation is 3. The van der Waals surface area contributed by atoms with Gasteiger partial charge in [0.2, 0.25) is 0 Å². The van der Waals surface area contributed by atoms with E-state index >= 15 is 0 Å². The minimum Gasteiger partial charge on any atom is -0.356 e. The minimum atomic E-state index is 0. The first-order chi connectivity index (χ1) is 11.5. The van der Waals surface area contributed by atoms with E-state index in [0.29, 0.717) is 6.04 Å². The van der Waals surface area contributed by atoms with Gasteiger partial charge in [0.1, 0.15) is 0 Å². The summed E-state index contributed by atoms with van der Waals surface area (Å²) in [7, 11) is 6.21. The van der Waals surface area contributed by atoms with Crippen LogP contribution >= 0.6 is 24.0 Å². The molecule has 1 aromatic heterocycles. The molecular weight excluding hydrogens is 429 g/mol. The molecular formula is C17H34IN7. The molecule has 1 unspecified atom stereocenters. The van der Waals surface area contributed by atoms with Gasteiger partial charge in [-0.25, -0.2) is 0 Å². The van der Waals surface area contributed by atoms with Gasteiger partial charge in [0.25, 0.3) is 0 Å². The van der Waals surface area contributed by atoms with E-state index in [4.69, 9.17) is 0 Å². The molecule has 1 aliphatic heterocycles. The lowest BCUT2D eigenvalue weighted by Gasteiger charge is -2.37. The van der Waals surface area contributed by atoms with Crippen LogP contribution in [0.4, 0.5) is 0 Å². The SMILES string of the molecule is CN=C(NCCCn1nc(C)cc1C)NCC1CN(C)CCN1C.I. The van der Waals surface area contributed by atoms with Gasteiger partial charge in [-0.15, -0.1) is 24.0 Å². The number of hydrogen-bond acceptors (Lipinski definition) is 4. The summed E-state index contributed by atoms with van der Waals surface area (Å²) in [5.74, 6) is 0.880. The molecule has 1 aliphatic rings. The summed E-state index contributed by atoms with van der Waals surface area (Å²) in [5, 5.41) is 11.3. The zero-order chi connectivity index (χ0) is 17.5. The van der Waals surface area contributed by atoms with E-state index in [2.05, 4.69) is 62.3 Å². The third-order valence-electron chi connectivity index (χ3n) is 4.65. The first-order valence-electron chi connectivity index (χ1n) is 8.84. The smallest absolute Gasteiger partial charge is 0.191 e. The second-order valence-electron chi connectivity index (χ2n) is 6.78. The fraction of sp³-hybridized carbons (Fsp3) is 0.765. The fourth-order valence-electron chi connectivity index (χ4n) is 3.09. The van der Waals surface area contributed by atoms with Gasteiger partial charge in [-0.2, -0.15) is 5.10 Å². The lowest BCUT2D eigenvalue weighted by atomic mass is 10.2. The highest BCUT2D eigenvalue weighted by molar-refractivity contribution is 14.0. The highest BCUT2D eigenvalue weighted by Gasteiger charge is 2.21. The predicted molar refractivity (Wildman–Crippen MR) is 115 cm³/mol. The van der Waals surface area contributed by atoms with Crippen LogP contribution in [0.1, 0.15) is 17.8 Å². The number of aromatic nitrogens is 2. The second-order valence-corrected chi connectivity index (χ2v) is 6.78. The standard InChI is InChI=1S/C17H33N7.HI/c1-14-11-15(2)24(21-14)8-6-7-19-17(18-3)20-12-16-13-22(4)9-10-23(16)5;/h11,16H,6-10,12-13H2,1-5H3,(H2,18,19,20);1H. The Labute approximate surface area is 169 Å². The van der Waals surface area contributed by atoms with Crippen molar-refractivity contribution in [2.45, 2.75) is 32.9 Å². The number of hydrogen-bond donors (Lipinski definition) is 2. The van der Waals surface area contributed by atoms with E-state index in [9.17, 15) is 0 Å². The molecule has 0 amide bonds. The Bertz CT molecular complexity index is 543. The van der Waals surface area contributed by atoms with Crippen molar-refractivity contribution >= 4 is 29.9 Å². The molecule has 8 heteroatoms. The number of likely N-dealkylation sites (N-methyl/N-ethyl adjacent to an activating group) is 2. The number of guanidine groups is 1. The minimum absolute atomic E-state index is 0. The maximum Gasteiger partial charge on any atom is 0.191 e. The average Bonchev–Trinajstić information content (AvgIpc) is 2.87. The summed E-state index contributed by atoms with van der Waals surface area (Å²) < 4.78 is 2.07. The highest BCUT2D eigenvalue weighted by Crippen LogP contribution is 2.04. The summed E-state index contributed by atoms with van der Waals surface area (Å²) in [6.45, 7) is 10.2. The van der Waals surface area contributed by atoms with Crippen molar-refractivity contribution in [3.63, 3.8) is 0 Å². The predicted octanol–water partition coefficient (Wildman–Crippen LogP) is 0.919. The lowest BCUT2D eigenvalue weighted by molar-refractivity contribution is 0.116. The van der Waals surface area contributed by atoms with Crippen LogP contribution in [0.25, 0.3) is 0 Å². The van der Waals surface area contributed by atoms with Gasteiger partial charge in [-0.1, -0.05) is 0 Å². The van der Waals surface area contributed by atoms with Crippen LogP contribution in [0.5, 0.6) is 0 Å². The number of aliphatic imine (C=N–C) groups is 1. The summed E-state index contributed by atoms with van der Waals surface area (Å²) >= 11 is 0. The molecule has 0 aromatic carbocycles. The molecule has 0 bridgehead atoms. The largest absolute Gasteiger partial charge is 0.356 e. The Morgan fingerprint density at radius 3 is 2.68 bits per heavy atom. The lowest BCUT2D eigenvalue weighted by Crippen LogP contribution is -2.55. The van der Waals surface area contributed by atoms with Crippen LogP contribution in [0, 0.1) is 13.8 Å². The maximum atomic E-state index is 4.49. The number of nitrogens with zero attached hydrogens (tertiary/aromatic N) is 5. The van der Waals surface area contributed by atoms with E-state index < -0.39 is 0 Å². The van der Waals surface area contributed by atoms with Gasteiger partial charge >= 0.3 is 0 Å². The number of nitrogens with one attached hydrogen (secondary N) is 2. The highest BCUT2D eigenvalue weighted by atomic mass is 127. The Balaban J connectivity index is 0.00000312. The van der Waals surface area contributed by atoms with Crippen molar-refractivity contribution in [3.05, 3.63) is 17.5 Å². The molecule has 2 rings (SSSR count). The molecule has 1 saturated heterocycles.